The molecule has 1 aliphatic heterocycles. The molecule has 0 amide bonds. The molecule has 9 heteroatoms. The van der Waals surface area contributed by atoms with Crippen LogP contribution in [0, 0.1) is 5.41 Å². The number of hydrogen-bond acceptors (Lipinski definition) is 8. The molecule has 0 N–H and O–H groups in total. The number of anilines is 1. The predicted molar refractivity (Wildman–Crippen MR) is 89.2 cm³/mol. The highest BCUT2D eigenvalue weighted by atomic mass is 32.2. The van der Waals surface area contributed by atoms with E-state index in [9.17, 15) is 13.2 Å². The normalized spacial score (nSPS) is 17.3. The van der Waals surface area contributed by atoms with Crippen molar-refractivity contribution in [2.45, 2.75) is 31.9 Å². The van der Waals surface area contributed by atoms with E-state index in [-0.39, 0.29) is 11.7 Å². The summed E-state index contributed by atoms with van der Waals surface area (Å²) in [7, 11) is -3.21. The van der Waals surface area contributed by atoms with Gasteiger partial charge in [-0.05, 0) is 20.8 Å². The van der Waals surface area contributed by atoms with E-state index in [4.69, 9.17) is 4.84 Å². The van der Waals surface area contributed by atoms with Crippen LogP contribution in [0.1, 0.15) is 27.7 Å². The summed E-state index contributed by atoms with van der Waals surface area (Å²) in [6.45, 7) is 9.48. The molecule has 0 aliphatic carbocycles. The van der Waals surface area contributed by atoms with E-state index in [0.717, 1.165) is 0 Å². The Labute approximate surface area is 141 Å². The zero-order valence-corrected chi connectivity index (χ0v) is 15.5. The lowest BCUT2D eigenvalue weighted by atomic mass is 9.98. The van der Waals surface area contributed by atoms with Crippen LogP contribution in [0.25, 0.3) is 0 Å². The van der Waals surface area contributed by atoms with Crippen molar-refractivity contribution in [3.63, 3.8) is 0 Å². The van der Waals surface area contributed by atoms with Crippen LogP contribution in [0.5, 0.6) is 0 Å². The van der Waals surface area contributed by atoms with Crippen LogP contribution >= 0.6 is 11.3 Å². The van der Waals surface area contributed by atoms with Gasteiger partial charge in [0.25, 0.3) is 0 Å². The Balaban J connectivity index is 1.94. The predicted octanol–water partition coefficient (Wildman–Crippen LogP) is 1.56. The Morgan fingerprint density at radius 2 is 1.91 bits per heavy atom. The van der Waals surface area contributed by atoms with Gasteiger partial charge in [-0.3, -0.25) is 0 Å². The maximum atomic E-state index is 11.9. The number of hydrogen-bond donors (Lipinski definition) is 0. The first kappa shape index (κ1) is 18.2. The highest BCUT2D eigenvalue weighted by molar-refractivity contribution is 7.93. The van der Waals surface area contributed by atoms with Gasteiger partial charge in [0.1, 0.15) is 4.21 Å². The first-order chi connectivity index (χ1) is 10.6. The number of piperazine rings is 1. The molecule has 0 aromatic carbocycles. The first-order valence-electron chi connectivity index (χ1n) is 7.54. The quantitative estimate of drug-likeness (QED) is 0.805. The summed E-state index contributed by atoms with van der Waals surface area (Å²) in [5.41, 5.74) is -0.532. The number of nitrogens with zero attached hydrogens (tertiary/aromatic N) is 3. The summed E-state index contributed by atoms with van der Waals surface area (Å²) in [6.07, 6.45) is 1.42. The van der Waals surface area contributed by atoms with E-state index in [1.54, 1.807) is 12.0 Å². The van der Waals surface area contributed by atoms with Crippen molar-refractivity contribution in [3.05, 3.63) is 6.20 Å². The molecule has 0 saturated carbocycles. The lowest BCUT2D eigenvalue weighted by Gasteiger charge is -2.34. The van der Waals surface area contributed by atoms with E-state index in [1.165, 1.54) is 17.5 Å². The summed E-state index contributed by atoms with van der Waals surface area (Å²) in [5, 5.41) is 2.35. The fourth-order valence-corrected chi connectivity index (χ4v) is 4.19. The van der Waals surface area contributed by atoms with E-state index < -0.39 is 15.3 Å². The van der Waals surface area contributed by atoms with Crippen molar-refractivity contribution in [1.29, 1.82) is 0 Å². The van der Waals surface area contributed by atoms with Crippen LogP contribution in [-0.2, 0) is 19.5 Å². The molecule has 0 spiro atoms. The largest absolute Gasteiger partial charge is 0.367 e. The third-order valence-electron chi connectivity index (χ3n) is 3.49. The van der Waals surface area contributed by atoms with Crippen molar-refractivity contribution in [2.24, 2.45) is 5.41 Å². The third-order valence-corrected chi connectivity index (χ3v) is 6.84. The summed E-state index contributed by atoms with van der Waals surface area (Å²) >= 11 is 1.19. The minimum Gasteiger partial charge on any atom is -0.367 e. The lowest BCUT2D eigenvalue weighted by Crippen LogP contribution is -2.48. The smallest absolute Gasteiger partial charge is 0.330 e. The molecule has 0 unspecified atom stereocenters. The van der Waals surface area contributed by atoms with E-state index >= 15 is 0 Å². The Bertz CT molecular complexity index is 656. The Morgan fingerprint density at radius 3 is 2.43 bits per heavy atom. The first-order valence-corrected chi connectivity index (χ1v) is 10.0. The maximum absolute atomic E-state index is 11.9. The summed E-state index contributed by atoms with van der Waals surface area (Å²) in [5.74, 6) is -0.179. The lowest BCUT2D eigenvalue weighted by molar-refractivity contribution is -0.201. The second kappa shape index (κ2) is 6.74. The second-order valence-electron chi connectivity index (χ2n) is 6.41. The Morgan fingerprint density at radius 1 is 1.30 bits per heavy atom. The van der Waals surface area contributed by atoms with E-state index in [0.29, 0.717) is 35.5 Å². The number of thiazole rings is 1. The van der Waals surface area contributed by atoms with Crippen LogP contribution in [0.4, 0.5) is 5.13 Å². The summed E-state index contributed by atoms with van der Waals surface area (Å²) in [6, 6.07) is 0. The fraction of sp³-hybridized carbons (Fsp3) is 0.714. The van der Waals surface area contributed by atoms with Crippen molar-refractivity contribution in [1.82, 2.24) is 10.0 Å². The number of sulfone groups is 1. The number of hydroxylamine groups is 2. The van der Waals surface area contributed by atoms with Crippen molar-refractivity contribution < 1.29 is 18.0 Å². The number of carbonyl (C=O) groups excluding carboxylic acids is 1. The average molecular weight is 361 g/mol. The van der Waals surface area contributed by atoms with Crippen LogP contribution in [0.2, 0.25) is 0 Å². The molecule has 1 fully saturated rings. The van der Waals surface area contributed by atoms with Gasteiger partial charge in [-0.2, -0.15) is 0 Å². The highest BCUT2D eigenvalue weighted by Gasteiger charge is 2.28. The van der Waals surface area contributed by atoms with Crippen LogP contribution < -0.4 is 4.90 Å². The average Bonchev–Trinajstić information content (AvgIpc) is 2.97. The number of aromatic nitrogens is 1. The molecular weight excluding hydrogens is 338 g/mol. The summed E-state index contributed by atoms with van der Waals surface area (Å²) in [4.78, 5) is 23.5. The SMILES string of the molecule is CCS(=O)(=O)c1cnc(N2CCN(OC(=O)C(C)(C)C)CC2)s1. The molecule has 1 aliphatic rings. The van der Waals surface area contributed by atoms with Crippen molar-refractivity contribution in [3.8, 4) is 0 Å². The van der Waals surface area contributed by atoms with Crippen LogP contribution in [0.15, 0.2) is 10.4 Å². The topological polar surface area (TPSA) is 79.8 Å². The third kappa shape index (κ3) is 4.42. The highest BCUT2D eigenvalue weighted by Crippen LogP contribution is 2.27. The van der Waals surface area contributed by atoms with E-state index in [1.807, 2.05) is 25.7 Å². The number of carbonyl (C=O) groups is 1. The van der Waals surface area contributed by atoms with Gasteiger partial charge in [0.15, 0.2) is 15.0 Å². The van der Waals surface area contributed by atoms with Crippen LogP contribution in [-0.4, -0.2) is 56.4 Å². The fourth-order valence-electron chi connectivity index (χ4n) is 1.91. The molecule has 1 saturated heterocycles. The standard InChI is InChI=1S/C14H23N3O4S2/c1-5-23(19,20)11-10-15-13(22-11)16-6-8-17(9-7-16)21-12(18)14(2,3)4/h10H,5-9H2,1-4H3. The zero-order valence-electron chi connectivity index (χ0n) is 13.9. The molecule has 2 rings (SSSR count). The van der Waals surface area contributed by atoms with Crippen LogP contribution in [0.3, 0.4) is 0 Å². The molecule has 0 atom stereocenters. The Hall–Kier alpha value is -1.19. The molecule has 0 bridgehead atoms. The van der Waals surface area contributed by atoms with Gasteiger partial charge in [0.2, 0.25) is 0 Å². The Kier molecular flexibility index (Phi) is 5.32. The maximum Gasteiger partial charge on any atom is 0.330 e. The molecule has 7 nitrogen and oxygen atoms in total. The number of rotatable bonds is 4. The van der Waals surface area contributed by atoms with Gasteiger partial charge in [-0.1, -0.05) is 18.3 Å². The molecule has 0 radical (unpaired) electrons. The minimum atomic E-state index is -3.21. The zero-order chi connectivity index (χ0) is 17.3. The van der Waals surface area contributed by atoms with Gasteiger partial charge in [-0.15, -0.1) is 5.06 Å². The molecular formula is C14H23N3O4S2. The van der Waals surface area contributed by atoms with Crippen molar-refractivity contribution in [2.75, 3.05) is 36.8 Å². The van der Waals surface area contributed by atoms with Gasteiger partial charge < -0.3 is 9.74 Å². The van der Waals surface area contributed by atoms with Gasteiger partial charge in [0.05, 0.1) is 30.5 Å². The van der Waals surface area contributed by atoms with Crippen molar-refractivity contribution >= 4 is 32.3 Å². The van der Waals surface area contributed by atoms with Gasteiger partial charge >= 0.3 is 5.97 Å². The van der Waals surface area contributed by atoms with Gasteiger partial charge in [0, 0.05) is 13.1 Å². The molecule has 1 aromatic heterocycles. The molecule has 1 aromatic rings. The van der Waals surface area contributed by atoms with E-state index in [2.05, 4.69) is 4.98 Å². The molecule has 23 heavy (non-hydrogen) atoms. The second-order valence-corrected chi connectivity index (χ2v) is 9.92. The minimum absolute atomic E-state index is 0.0746. The monoisotopic (exact) mass is 361 g/mol. The molecule has 2 heterocycles. The van der Waals surface area contributed by atoms with Gasteiger partial charge in [-0.25, -0.2) is 18.2 Å². The summed E-state index contributed by atoms with van der Waals surface area (Å²) < 4.78 is 24.0. The molecule has 130 valence electrons.